The van der Waals surface area contributed by atoms with Gasteiger partial charge in [-0.1, -0.05) is 6.92 Å². The van der Waals surface area contributed by atoms with Crippen molar-refractivity contribution in [2.45, 2.75) is 19.3 Å². The third kappa shape index (κ3) is 1.59. The highest BCUT2D eigenvalue weighted by Crippen LogP contribution is 2.34. The number of ether oxygens (including phenoxy) is 1. The summed E-state index contributed by atoms with van der Waals surface area (Å²) in [7, 11) is 0. The third-order valence-corrected chi connectivity index (χ3v) is 2.69. The number of fused-ring (bicyclic) bond motifs is 1. The van der Waals surface area contributed by atoms with Crippen LogP contribution in [0.15, 0.2) is 6.07 Å². The Bertz CT molecular complexity index is 391. The molecule has 2 nitrogen and oxygen atoms in total. The summed E-state index contributed by atoms with van der Waals surface area (Å²) in [5, 5.41) is 8.92. The Morgan fingerprint density at radius 3 is 2.93 bits per heavy atom. The predicted octanol–water partition coefficient (Wildman–Crippen LogP) is 2.00. The van der Waals surface area contributed by atoms with Gasteiger partial charge in [0.1, 0.15) is 17.4 Å². The first-order chi connectivity index (χ1) is 7.15. The highest BCUT2D eigenvalue weighted by atomic mass is 19.1. The Morgan fingerprint density at radius 1 is 1.53 bits per heavy atom. The van der Waals surface area contributed by atoms with Crippen LogP contribution in [0.3, 0.4) is 0 Å². The normalized spacial score (nSPS) is 16.0. The molecule has 1 aliphatic heterocycles. The van der Waals surface area contributed by atoms with E-state index in [1.807, 2.05) is 0 Å². The summed E-state index contributed by atoms with van der Waals surface area (Å²) in [6.45, 7) is 1.71. The van der Waals surface area contributed by atoms with Crippen LogP contribution >= 0.6 is 0 Å². The predicted molar refractivity (Wildman–Crippen MR) is 51.1 cm³/mol. The molecular formula is C11H12F2O2. The van der Waals surface area contributed by atoms with Crippen LogP contribution < -0.4 is 4.74 Å². The van der Waals surface area contributed by atoms with Gasteiger partial charge in [-0.05, 0) is 0 Å². The topological polar surface area (TPSA) is 29.5 Å². The highest BCUT2D eigenvalue weighted by molar-refractivity contribution is 5.43. The van der Waals surface area contributed by atoms with Gasteiger partial charge in [-0.2, -0.15) is 0 Å². The van der Waals surface area contributed by atoms with Gasteiger partial charge in [-0.25, -0.2) is 8.78 Å². The molecule has 1 atom stereocenters. The molecule has 82 valence electrons. The molecule has 0 aromatic heterocycles. The molecule has 1 aromatic rings. The van der Waals surface area contributed by atoms with E-state index in [0.717, 1.165) is 0 Å². The number of benzene rings is 1. The van der Waals surface area contributed by atoms with Gasteiger partial charge in [-0.3, -0.25) is 0 Å². The molecule has 1 aromatic carbocycles. The molecule has 0 bridgehead atoms. The fourth-order valence-corrected chi connectivity index (χ4v) is 1.82. The summed E-state index contributed by atoms with van der Waals surface area (Å²) < 4.78 is 32.4. The summed E-state index contributed by atoms with van der Waals surface area (Å²) >= 11 is 0. The van der Waals surface area contributed by atoms with Crippen LogP contribution in [0.2, 0.25) is 0 Å². The molecular weight excluding hydrogens is 202 g/mol. The molecule has 0 saturated heterocycles. The Balaban J connectivity index is 2.56. The second-order valence-electron chi connectivity index (χ2n) is 3.74. The summed E-state index contributed by atoms with van der Waals surface area (Å²) in [5.74, 6) is -1.45. The van der Waals surface area contributed by atoms with E-state index in [0.29, 0.717) is 24.3 Å². The van der Waals surface area contributed by atoms with E-state index < -0.39 is 17.6 Å². The lowest BCUT2D eigenvalue weighted by atomic mass is 9.97. The monoisotopic (exact) mass is 214 g/mol. The van der Waals surface area contributed by atoms with E-state index >= 15 is 0 Å². The smallest absolute Gasteiger partial charge is 0.136 e. The zero-order valence-corrected chi connectivity index (χ0v) is 8.39. The summed E-state index contributed by atoms with van der Waals surface area (Å²) in [6, 6.07) is 1.20. The summed E-state index contributed by atoms with van der Waals surface area (Å²) in [5.41, 5.74) is 0.383. The maximum Gasteiger partial charge on any atom is 0.136 e. The average Bonchev–Trinajstić information content (AvgIpc) is 2.65. The van der Waals surface area contributed by atoms with E-state index in [1.54, 1.807) is 6.92 Å². The molecule has 1 heterocycles. The van der Waals surface area contributed by atoms with Gasteiger partial charge in [0.25, 0.3) is 0 Å². The molecule has 0 fully saturated rings. The maximum absolute atomic E-state index is 13.8. The lowest BCUT2D eigenvalue weighted by Gasteiger charge is -2.13. The van der Waals surface area contributed by atoms with Crippen LogP contribution in [0.1, 0.15) is 24.0 Å². The minimum Gasteiger partial charge on any atom is -0.493 e. The lowest BCUT2D eigenvalue weighted by Crippen LogP contribution is -2.07. The lowest BCUT2D eigenvalue weighted by molar-refractivity contribution is 0.267. The van der Waals surface area contributed by atoms with Gasteiger partial charge in [0.2, 0.25) is 0 Å². The Hall–Kier alpha value is -1.16. The molecule has 0 aliphatic carbocycles. The van der Waals surface area contributed by atoms with Crippen LogP contribution in [0.5, 0.6) is 5.75 Å². The SMILES string of the molecule is CC(CO)c1c(F)cc2c(c1F)CCO2. The van der Waals surface area contributed by atoms with Crippen molar-refractivity contribution in [1.29, 1.82) is 0 Å². The number of aliphatic hydroxyl groups is 1. The number of aliphatic hydroxyl groups excluding tert-OH is 1. The van der Waals surface area contributed by atoms with Gasteiger partial charge in [0.05, 0.1) is 6.61 Å². The second kappa shape index (κ2) is 3.77. The van der Waals surface area contributed by atoms with E-state index in [-0.39, 0.29) is 12.2 Å². The van der Waals surface area contributed by atoms with E-state index in [9.17, 15) is 8.78 Å². The van der Waals surface area contributed by atoms with Gasteiger partial charge < -0.3 is 9.84 Å². The van der Waals surface area contributed by atoms with Crippen LogP contribution in [0.25, 0.3) is 0 Å². The fourth-order valence-electron chi connectivity index (χ4n) is 1.82. The highest BCUT2D eigenvalue weighted by Gasteiger charge is 2.25. The standard InChI is InChI=1S/C11H12F2O2/c1-6(5-14)10-8(12)4-9-7(11(10)13)2-3-15-9/h4,6,14H,2-3,5H2,1H3. The van der Waals surface area contributed by atoms with E-state index in [4.69, 9.17) is 9.84 Å². The average molecular weight is 214 g/mol. The quantitative estimate of drug-likeness (QED) is 0.815. The van der Waals surface area contributed by atoms with Gasteiger partial charge in [-0.15, -0.1) is 0 Å². The van der Waals surface area contributed by atoms with Crippen molar-refractivity contribution in [3.8, 4) is 5.75 Å². The molecule has 1 N–H and O–H groups in total. The molecule has 0 amide bonds. The first kappa shape index (κ1) is 10.4. The zero-order valence-electron chi connectivity index (χ0n) is 8.39. The fraction of sp³-hybridized carbons (Fsp3) is 0.455. The molecule has 1 aliphatic rings. The minimum atomic E-state index is -0.644. The molecule has 0 saturated carbocycles. The van der Waals surface area contributed by atoms with E-state index in [2.05, 4.69) is 0 Å². The van der Waals surface area contributed by atoms with Crippen molar-refractivity contribution >= 4 is 0 Å². The van der Waals surface area contributed by atoms with Crippen molar-refractivity contribution in [2.24, 2.45) is 0 Å². The molecule has 4 heteroatoms. The third-order valence-electron chi connectivity index (χ3n) is 2.69. The van der Waals surface area contributed by atoms with Gasteiger partial charge in [0, 0.05) is 36.1 Å². The number of rotatable bonds is 2. The first-order valence-electron chi connectivity index (χ1n) is 4.89. The number of hydrogen-bond acceptors (Lipinski definition) is 2. The van der Waals surface area contributed by atoms with Crippen molar-refractivity contribution in [3.63, 3.8) is 0 Å². The van der Waals surface area contributed by atoms with Crippen molar-refractivity contribution in [1.82, 2.24) is 0 Å². The van der Waals surface area contributed by atoms with Crippen molar-refractivity contribution in [2.75, 3.05) is 13.2 Å². The Labute approximate surface area is 86.5 Å². The van der Waals surface area contributed by atoms with E-state index in [1.165, 1.54) is 6.07 Å². The first-order valence-corrected chi connectivity index (χ1v) is 4.89. The van der Waals surface area contributed by atoms with Crippen LogP contribution in [0, 0.1) is 11.6 Å². The Kier molecular flexibility index (Phi) is 2.61. The van der Waals surface area contributed by atoms with Gasteiger partial charge >= 0.3 is 0 Å². The van der Waals surface area contributed by atoms with Gasteiger partial charge in [0.15, 0.2) is 0 Å². The molecule has 1 unspecified atom stereocenters. The largest absolute Gasteiger partial charge is 0.493 e. The molecule has 2 rings (SSSR count). The maximum atomic E-state index is 13.8. The molecule has 15 heavy (non-hydrogen) atoms. The van der Waals surface area contributed by atoms with Crippen molar-refractivity contribution in [3.05, 3.63) is 28.8 Å². The molecule has 0 radical (unpaired) electrons. The number of hydrogen-bond donors (Lipinski definition) is 1. The summed E-state index contributed by atoms with van der Waals surface area (Å²) in [4.78, 5) is 0. The van der Waals surface area contributed by atoms with Crippen LogP contribution in [-0.4, -0.2) is 18.3 Å². The second-order valence-corrected chi connectivity index (χ2v) is 3.74. The van der Waals surface area contributed by atoms with Crippen molar-refractivity contribution < 1.29 is 18.6 Å². The number of halogens is 2. The molecule has 0 spiro atoms. The zero-order chi connectivity index (χ0) is 11.0. The summed E-state index contributed by atoms with van der Waals surface area (Å²) in [6.07, 6.45) is 0.465. The van der Waals surface area contributed by atoms with Crippen LogP contribution in [0.4, 0.5) is 8.78 Å². The van der Waals surface area contributed by atoms with Crippen LogP contribution in [-0.2, 0) is 6.42 Å². The minimum absolute atomic E-state index is 0.0400. The Morgan fingerprint density at radius 2 is 2.27 bits per heavy atom.